The third kappa shape index (κ3) is 14.9. The number of benzene rings is 4. The second kappa shape index (κ2) is 32.2. The normalized spacial score (nSPS) is 15.7. The molecular weight excluding hydrogens is 1570 g/mol. The molecule has 16 heteroatoms. The molecular formula is C112H88N16. The summed E-state index contributed by atoms with van der Waals surface area (Å²) in [6, 6.07) is 67.9. The Hall–Kier alpha value is -16.2. The quantitative estimate of drug-likeness (QED) is 0.133. The van der Waals surface area contributed by atoms with Gasteiger partial charge in [0, 0.05) is 162 Å². The van der Waals surface area contributed by atoms with Crippen LogP contribution in [0, 0.1) is 83.1 Å². The first-order valence-corrected chi connectivity index (χ1v) is 43.1. The summed E-state index contributed by atoms with van der Waals surface area (Å²) in [5.74, 6) is 0. The summed E-state index contributed by atoms with van der Waals surface area (Å²) in [6.07, 6.45) is 31.9. The van der Waals surface area contributed by atoms with Crippen LogP contribution in [0.25, 0.3) is 113 Å². The first-order chi connectivity index (χ1) is 62.3. The molecule has 4 aromatic carbocycles. The summed E-state index contributed by atoms with van der Waals surface area (Å²) in [5, 5.41) is 0. The molecule has 128 heavy (non-hydrogen) atoms. The Balaban J connectivity index is 0.620. The molecule has 16 nitrogen and oxygen atoms in total. The van der Waals surface area contributed by atoms with Crippen LogP contribution < -0.4 is 0 Å². The number of hydrogen-bond acceptors (Lipinski definition) is 12. The summed E-state index contributed by atoms with van der Waals surface area (Å²) < 4.78 is 0. The topological polar surface area (TPSA) is 216 Å². The number of pyridine rings is 8. The number of hydrogen-bond donors (Lipinski definition) is 4. The molecule has 0 aliphatic carbocycles. The van der Waals surface area contributed by atoms with Gasteiger partial charge in [0.2, 0.25) is 0 Å². The minimum absolute atomic E-state index is 0.752. The number of aliphatic imine (C=N–C) groups is 4. The molecule has 0 fully saturated rings. The zero-order chi connectivity index (χ0) is 87.3. The van der Waals surface area contributed by atoms with Crippen molar-refractivity contribution in [3.63, 3.8) is 0 Å². The second-order valence-corrected chi connectivity index (χ2v) is 34.1. The second-order valence-electron chi connectivity index (χ2n) is 34.1. The van der Waals surface area contributed by atoms with E-state index in [-0.39, 0.29) is 0 Å². The third-order valence-corrected chi connectivity index (χ3v) is 24.7. The van der Waals surface area contributed by atoms with E-state index in [2.05, 4.69) is 297 Å². The van der Waals surface area contributed by atoms with Crippen molar-refractivity contribution in [3.05, 3.63) is 449 Å². The zero-order valence-electron chi connectivity index (χ0n) is 73.1. The maximum atomic E-state index is 5.36. The maximum Gasteiger partial charge on any atom is 0.0886 e. The van der Waals surface area contributed by atoms with E-state index in [9.17, 15) is 0 Å². The molecule has 0 saturated carbocycles. The van der Waals surface area contributed by atoms with Crippen molar-refractivity contribution in [1.29, 1.82) is 0 Å². The fourth-order valence-electron chi connectivity index (χ4n) is 19.0. The van der Waals surface area contributed by atoms with Gasteiger partial charge in [-0.2, -0.15) is 0 Å². The number of allylic oxidation sites excluding steroid dienone is 8. The predicted molar refractivity (Wildman–Crippen MR) is 518 cm³/mol. The molecule has 4 N–H and O–H groups in total. The van der Waals surface area contributed by atoms with Crippen molar-refractivity contribution >= 4 is 45.1 Å². The summed E-state index contributed by atoms with van der Waals surface area (Å²) in [4.78, 5) is 76.6. The lowest BCUT2D eigenvalue weighted by atomic mass is 9.91. The average molecular weight is 1660 g/mol. The van der Waals surface area contributed by atoms with Crippen molar-refractivity contribution in [2.75, 3.05) is 0 Å². The van der Waals surface area contributed by atoms with Crippen LogP contribution in [0.15, 0.2) is 335 Å². The lowest BCUT2D eigenvalue weighted by Gasteiger charge is -2.16. The van der Waals surface area contributed by atoms with E-state index in [4.69, 9.17) is 59.8 Å². The van der Waals surface area contributed by atoms with Gasteiger partial charge in [-0.3, -0.25) is 39.9 Å². The fourth-order valence-corrected chi connectivity index (χ4v) is 19.0. The molecule has 29 heterocycles. The highest BCUT2D eigenvalue weighted by molar-refractivity contribution is 6.15. The van der Waals surface area contributed by atoms with Gasteiger partial charge in [-0.1, -0.05) is 70.8 Å². The van der Waals surface area contributed by atoms with Crippen molar-refractivity contribution in [3.8, 4) is 90.6 Å². The minimum Gasteiger partial charge on any atom is -0.354 e. The molecule has 17 aliphatic heterocycles. The number of aromatic nitrogens is 12. The fraction of sp³-hybridized carbons (Fsp3) is 0.107. The Bertz CT molecular complexity index is 6670. The van der Waals surface area contributed by atoms with E-state index in [0.29, 0.717) is 0 Å². The van der Waals surface area contributed by atoms with Crippen LogP contribution in [0.3, 0.4) is 0 Å². The Morgan fingerprint density at radius 3 is 0.500 bits per heavy atom. The number of aromatic amines is 4. The van der Waals surface area contributed by atoms with Gasteiger partial charge in [-0.15, -0.1) is 0 Å². The summed E-state index contributed by atoms with van der Waals surface area (Å²) in [5.41, 5.74) is 50.2. The number of aryl methyl sites for hydroxylation is 12. The third-order valence-electron chi connectivity index (χ3n) is 24.7. The van der Waals surface area contributed by atoms with Crippen LogP contribution in [-0.2, 0) is 0 Å². The molecule has 0 unspecified atom stereocenters. The standard InChI is InChI=1S/C112H88N16/c1-61-45-65(5)105(66(6)46-61)109-97-37-29-81(121-97)73-13-21-89(113-53-73)91-23-15-75(55-115-91)83-31-39-99(123-83)110(106-67(7)47-62(2)48-68(106)8)101-41-33-85(125-101)77-17-25-93(117-57-77)95-27-19-79(59-119-95)87-35-43-103(127-87)112(108-71(11)51-64(4)52-72(108)12)104-44-36-88(128-104)80-20-28-96(120-60-80)94-26-18-78(58-118-94)86-34-42-102(126-86)111(107-69(9)49-63(3)50-70(107)10)100-40-32-84(124-100)76-16-24-92(116-56-76)90-22-14-74(54-114-90)82-30-38-98(109)122-82/h13-60,121,124-125,128H,1-12H3/b81-73?,82-74?,83-75?,84-76?,85-77?,86-78?,87-79?,88-80?,91-89?,92-90?,95-93?,96-94?,109-97?,109-98-,110-99+,110-101?,111-100?,111-102+,112-103?,112-104?. The van der Waals surface area contributed by atoms with Crippen molar-refractivity contribution in [2.24, 2.45) is 20.0 Å². The molecule has 616 valence electrons. The minimum atomic E-state index is 0.752. The van der Waals surface area contributed by atoms with E-state index in [0.717, 1.165) is 270 Å². The highest BCUT2D eigenvalue weighted by atomic mass is 14.9. The molecule has 0 atom stereocenters. The van der Waals surface area contributed by atoms with Crippen molar-refractivity contribution < 1.29 is 0 Å². The van der Waals surface area contributed by atoms with Crippen molar-refractivity contribution in [2.45, 2.75) is 83.1 Å². The lowest BCUT2D eigenvalue weighted by molar-refractivity contribution is 1.22. The van der Waals surface area contributed by atoms with Crippen LogP contribution in [-0.4, -0.2) is 82.7 Å². The highest BCUT2D eigenvalue weighted by Gasteiger charge is 2.28. The zero-order valence-corrected chi connectivity index (χ0v) is 73.1. The first-order valence-electron chi connectivity index (χ1n) is 43.1. The van der Waals surface area contributed by atoms with E-state index in [1.807, 2.05) is 98.1 Å². The van der Waals surface area contributed by atoms with E-state index >= 15 is 0 Å². The molecule has 0 saturated heterocycles. The monoisotopic (exact) mass is 1660 g/mol. The maximum absolute atomic E-state index is 5.36. The van der Waals surface area contributed by atoms with Crippen LogP contribution in [0.1, 0.15) is 134 Å². The van der Waals surface area contributed by atoms with E-state index in [1.54, 1.807) is 0 Å². The number of rotatable bonds is 4. The Morgan fingerprint density at radius 1 is 0.172 bits per heavy atom. The van der Waals surface area contributed by atoms with Crippen LogP contribution in [0.5, 0.6) is 0 Å². The number of nitrogens with zero attached hydrogens (tertiary/aromatic N) is 12. The van der Waals surface area contributed by atoms with Crippen LogP contribution >= 0.6 is 0 Å². The van der Waals surface area contributed by atoms with Crippen LogP contribution in [0.4, 0.5) is 0 Å². The summed E-state index contributed by atoms with van der Waals surface area (Å²) in [6.45, 7) is 26.0. The Morgan fingerprint density at radius 2 is 0.336 bits per heavy atom. The molecule has 12 aromatic heterocycles. The predicted octanol–water partition coefficient (Wildman–Crippen LogP) is 24.8. The molecule has 0 radical (unpaired) electrons. The lowest BCUT2D eigenvalue weighted by Crippen LogP contribution is -2.00. The van der Waals surface area contributed by atoms with Crippen molar-refractivity contribution in [1.82, 2.24) is 59.8 Å². The summed E-state index contributed by atoms with van der Waals surface area (Å²) in [7, 11) is 0. The molecule has 0 amide bonds. The molecule has 0 spiro atoms. The largest absolute Gasteiger partial charge is 0.354 e. The van der Waals surface area contributed by atoms with Gasteiger partial charge in [-0.05, 0) is 344 Å². The van der Waals surface area contributed by atoms with E-state index < -0.39 is 0 Å². The van der Waals surface area contributed by atoms with E-state index in [1.165, 1.54) is 22.3 Å². The van der Waals surface area contributed by atoms with Gasteiger partial charge in [-0.25, -0.2) is 20.0 Å². The smallest absolute Gasteiger partial charge is 0.0886 e. The van der Waals surface area contributed by atoms with Gasteiger partial charge < -0.3 is 19.9 Å². The highest BCUT2D eigenvalue weighted by Crippen LogP contribution is 2.43. The Kier molecular flexibility index (Phi) is 19.9. The molecule has 33 rings (SSSR count). The average Bonchev–Trinajstić information content (AvgIpc) is 1.61. The molecule has 17 aliphatic rings. The SMILES string of the molecule is Cc1cc(C)c(C2=C3C=CC(=N3)c3ccc(nc3)-c3ccc(cn3)-c3ccc([nH]3)/C(c3c(C)cc(C)cc3C)=C3/C=CC(=N3)c3ccc(nc3)-c3ccc(cn3)-c3ccc([nH]3)/C(c3c(C)cc(C)cc3C)=C3\C=CC(=N3)c3ccc(nc3)-c3ccc(cn3)-c3ccc([nH]3)/C(c3c(C)cc(C)cc3C)=C3/C=CC(=N3)c3ccc(nc3)-c3ccc(cn3)-c3ccc2[nH]3)c(C)c1. The van der Waals surface area contributed by atoms with Gasteiger partial charge in [0.25, 0.3) is 0 Å². The van der Waals surface area contributed by atoms with Gasteiger partial charge >= 0.3 is 0 Å². The molecule has 32 bridgehead atoms. The summed E-state index contributed by atoms with van der Waals surface area (Å²) >= 11 is 0. The Labute approximate surface area is 743 Å². The van der Waals surface area contributed by atoms with Gasteiger partial charge in [0.1, 0.15) is 0 Å². The first kappa shape index (κ1) is 79.0. The molecule has 16 aromatic rings. The van der Waals surface area contributed by atoms with Crippen LogP contribution in [0.2, 0.25) is 0 Å². The number of nitrogens with one attached hydrogen (secondary N) is 4. The number of H-pyrrole nitrogens is 4. The van der Waals surface area contributed by atoms with Gasteiger partial charge in [0.15, 0.2) is 0 Å². The van der Waals surface area contributed by atoms with Gasteiger partial charge in [0.05, 0.1) is 91.2 Å².